The third-order valence-electron chi connectivity index (χ3n) is 3.91. The fourth-order valence-electron chi connectivity index (χ4n) is 2.66. The standard InChI is InChI=1S/C16H26N2O4S/c1-4-21-14-7-6-13(12-15(14)22-5-2)23(19,20)18-16(3)8-10-17-11-9-16/h6-7,12,17-18H,4-5,8-11H2,1-3H3. The van der Waals surface area contributed by atoms with Crippen molar-refractivity contribution in [1.29, 1.82) is 0 Å². The minimum Gasteiger partial charge on any atom is -0.490 e. The molecule has 7 heteroatoms. The molecule has 1 heterocycles. The Kier molecular flexibility index (Phi) is 5.89. The van der Waals surface area contributed by atoms with E-state index in [1.165, 1.54) is 6.07 Å². The second kappa shape index (κ2) is 7.51. The van der Waals surface area contributed by atoms with Crippen molar-refractivity contribution < 1.29 is 17.9 Å². The quantitative estimate of drug-likeness (QED) is 0.791. The first-order valence-corrected chi connectivity index (χ1v) is 9.53. The number of hydrogen-bond donors (Lipinski definition) is 2. The van der Waals surface area contributed by atoms with Gasteiger partial charge in [-0.2, -0.15) is 0 Å². The monoisotopic (exact) mass is 342 g/mol. The van der Waals surface area contributed by atoms with Crippen molar-refractivity contribution in [3.8, 4) is 11.5 Å². The van der Waals surface area contributed by atoms with Gasteiger partial charge in [0.2, 0.25) is 10.0 Å². The van der Waals surface area contributed by atoms with E-state index >= 15 is 0 Å². The highest BCUT2D eigenvalue weighted by Crippen LogP contribution is 2.31. The first-order valence-electron chi connectivity index (χ1n) is 8.04. The van der Waals surface area contributed by atoms with Gasteiger partial charge in [0.05, 0.1) is 18.1 Å². The molecule has 6 nitrogen and oxygen atoms in total. The molecule has 0 radical (unpaired) electrons. The van der Waals surface area contributed by atoms with E-state index in [2.05, 4.69) is 10.0 Å². The zero-order chi connectivity index (χ0) is 16.9. The number of ether oxygens (including phenoxy) is 2. The van der Waals surface area contributed by atoms with Crippen molar-refractivity contribution >= 4 is 10.0 Å². The molecule has 1 aliphatic rings. The van der Waals surface area contributed by atoms with Gasteiger partial charge in [-0.3, -0.25) is 0 Å². The Morgan fingerprint density at radius 1 is 1.13 bits per heavy atom. The van der Waals surface area contributed by atoms with Gasteiger partial charge < -0.3 is 14.8 Å². The van der Waals surface area contributed by atoms with E-state index in [4.69, 9.17) is 9.47 Å². The average molecular weight is 342 g/mol. The Morgan fingerprint density at radius 2 is 1.74 bits per heavy atom. The summed E-state index contributed by atoms with van der Waals surface area (Å²) in [6.07, 6.45) is 1.53. The van der Waals surface area contributed by atoms with Crippen molar-refractivity contribution in [2.45, 2.75) is 44.0 Å². The molecule has 0 bridgehead atoms. The smallest absolute Gasteiger partial charge is 0.241 e. The highest BCUT2D eigenvalue weighted by atomic mass is 32.2. The third-order valence-corrected chi connectivity index (χ3v) is 5.55. The van der Waals surface area contributed by atoms with Gasteiger partial charge in [-0.25, -0.2) is 13.1 Å². The van der Waals surface area contributed by atoms with Crippen molar-refractivity contribution in [2.24, 2.45) is 0 Å². The number of nitrogens with one attached hydrogen (secondary N) is 2. The van der Waals surface area contributed by atoms with Gasteiger partial charge >= 0.3 is 0 Å². The summed E-state index contributed by atoms with van der Waals surface area (Å²) < 4.78 is 39.2. The van der Waals surface area contributed by atoms with Crippen LogP contribution >= 0.6 is 0 Å². The highest BCUT2D eigenvalue weighted by molar-refractivity contribution is 7.89. The Morgan fingerprint density at radius 3 is 2.35 bits per heavy atom. The molecule has 2 N–H and O–H groups in total. The van der Waals surface area contributed by atoms with Gasteiger partial charge in [0.1, 0.15) is 0 Å². The van der Waals surface area contributed by atoms with Crippen LogP contribution in [0.1, 0.15) is 33.6 Å². The maximum absolute atomic E-state index is 12.7. The van der Waals surface area contributed by atoms with Crippen LogP contribution in [0, 0.1) is 0 Å². The van der Waals surface area contributed by atoms with Gasteiger partial charge in [0.15, 0.2) is 11.5 Å². The molecule has 1 fully saturated rings. The molecule has 2 rings (SSSR count). The third kappa shape index (κ3) is 4.59. The number of piperidine rings is 1. The Bertz CT molecular complexity index is 625. The molecule has 0 unspecified atom stereocenters. The Labute approximate surface area is 138 Å². The van der Waals surface area contributed by atoms with E-state index in [1.807, 2.05) is 20.8 Å². The van der Waals surface area contributed by atoms with E-state index in [0.29, 0.717) is 24.7 Å². The number of rotatable bonds is 7. The summed E-state index contributed by atoms with van der Waals surface area (Å²) in [5.41, 5.74) is -0.422. The maximum Gasteiger partial charge on any atom is 0.241 e. The number of hydrogen-bond acceptors (Lipinski definition) is 5. The summed E-state index contributed by atoms with van der Waals surface area (Å²) in [7, 11) is -3.60. The van der Waals surface area contributed by atoms with Gasteiger partial charge in [-0.15, -0.1) is 0 Å². The zero-order valence-electron chi connectivity index (χ0n) is 14.0. The molecular formula is C16H26N2O4S. The van der Waals surface area contributed by atoms with Crippen molar-refractivity contribution in [2.75, 3.05) is 26.3 Å². The molecule has 0 saturated carbocycles. The fourth-order valence-corrected chi connectivity index (χ4v) is 4.14. The molecule has 1 aromatic rings. The zero-order valence-corrected chi connectivity index (χ0v) is 14.8. The molecular weight excluding hydrogens is 316 g/mol. The molecule has 1 saturated heterocycles. The van der Waals surface area contributed by atoms with Crippen LogP contribution in [0.25, 0.3) is 0 Å². The SMILES string of the molecule is CCOc1ccc(S(=O)(=O)NC2(C)CCNCC2)cc1OCC. The summed E-state index contributed by atoms with van der Waals surface area (Å²) in [6.45, 7) is 8.24. The van der Waals surface area contributed by atoms with Crippen LogP contribution < -0.4 is 19.5 Å². The largest absolute Gasteiger partial charge is 0.490 e. The van der Waals surface area contributed by atoms with E-state index in [1.54, 1.807) is 12.1 Å². The molecule has 0 amide bonds. The van der Waals surface area contributed by atoms with Crippen LogP contribution in [0.4, 0.5) is 0 Å². The topological polar surface area (TPSA) is 76.7 Å². The van der Waals surface area contributed by atoms with Crippen LogP contribution in [0.15, 0.2) is 23.1 Å². The Hall–Kier alpha value is -1.31. The predicted octanol–water partition coefficient (Wildman–Crippen LogP) is 1.90. The summed E-state index contributed by atoms with van der Waals surface area (Å²) in [5.74, 6) is 1.01. The highest BCUT2D eigenvalue weighted by Gasteiger charge is 2.32. The molecule has 0 aromatic heterocycles. The lowest BCUT2D eigenvalue weighted by molar-refractivity contribution is 0.286. The lowest BCUT2D eigenvalue weighted by Gasteiger charge is -2.34. The minimum absolute atomic E-state index is 0.198. The van der Waals surface area contributed by atoms with Crippen molar-refractivity contribution in [3.63, 3.8) is 0 Å². The van der Waals surface area contributed by atoms with Crippen LogP contribution in [0.2, 0.25) is 0 Å². The Balaban J connectivity index is 2.26. The van der Waals surface area contributed by atoms with E-state index in [9.17, 15) is 8.42 Å². The van der Waals surface area contributed by atoms with Gasteiger partial charge in [0, 0.05) is 11.6 Å². The lowest BCUT2D eigenvalue weighted by Crippen LogP contribution is -2.52. The summed E-state index contributed by atoms with van der Waals surface area (Å²) in [4.78, 5) is 0.198. The molecule has 1 aliphatic heterocycles. The van der Waals surface area contributed by atoms with Gasteiger partial charge in [-0.05, 0) is 58.8 Å². The molecule has 0 spiro atoms. The molecule has 130 valence electrons. The maximum atomic E-state index is 12.7. The van der Waals surface area contributed by atoms with Crippen LogP contribution in [-0.4, -0.2) is 40.3 Å². The summed E-state index contributed by atoms with van der Waals surface area (Å²) in [6, 6.07) is 4.73. The van der Waals surface area contributed by atoms with Gasteiger partial charge in [-0.1, -0.05) is 0 Å². The summed E-state index contributed by atoms with van der Waals surface area (Å²) in [5, 5.41) is 3.24. The fraction of sp³-hybridized carbons (Fsp3) is 0.625. The first kappa shape index (κ1) is 18.0. The van der Waals surface area contributed by atoms with Crippen molar-refractivity contribution in [1.82, 2.24) is 10.0 Å². The molecule has 0 aliphatic carbocycles. The number of sulfonamides is 1. The van der Waals surface area contributed by atoms with Crippen molar-refractivity contribution in [3.05, 3.63) is 18.2 Å². The molecule has 23 heavy (non-hydrogen) atoms. The summed E-state index contributed by atoms with van der Waals surface area (Å²) >= 11 is 0. The predicted molar refractivity (Wildman–Crippen MR) is 89.6 cm³/mol. The van der Waals surface area contributed by atoms with Gasteiger partial charge in [0.25, 0.3) is 0 Å². The van der Waals surface area contributed by atoms with Crippen LogP contribution in [0.3, 0.4) is 0 Å². The second-order valence-corrected chi connectivity index (χ2v) is 7.57. The van der Waals surface area contributed by atoms with Crippen LogP contribution in [0.5, 0.6) is 11.5 Å². The molecule has 1 aromatic carbocycles. The first-order chi connectivity index (χ1) is 10.9. The van der Waals surface area contributed by atoms with E-state index in [-0.39, 0.29) is 4.90 Å². The minimum atomic E-state index is -3.60. The van der Waals surface area contributed by atoms with E-state index < -0.39 is 15.6 Å². The number of benzene rings is 1. The average Bonchev–Trinajstić information content (AvgIpc) is 2.49. The second-order valence-electron chi connectivity index (χ2n) is 5.89. The molecule has 0 atom stereocenters. The van der Waals surface area contributed by atoms with Crippen LogP contribution in [-0.2, 0) is 10.0 Å². The lowest BCUT2D eigenvalue weighted by atomic mass is 9.92. The normalized spacial score (nSPS) is 17.7. The van der Waals surface area contributed by atoms with E-state index in [0.717, 1.165) is 25.9 Å².